The second kappa shape index (κ2) is 3.31. The van der Waals surface area contributed by atoms with E-state index in [9.17, 15) is 0 Å². The summed E-state index contributed by atoms with van der Waals surface area (Å²) < 4.78 is 2.84. The van der Waals surface area contributed by atoms with Crippen molar-refractivity contribution in [3.63, 3.8) is 0 Å². The maximum absolute atomic E-state index is 5.99. The summed E-state index contributed by atoms with van der Waals surface area (Å²) in [5.74, 6) is 0. The lowest BCUT2D eigenvalue weighted by Crippen LogP contribution is -1.95. The molecule has 0 N–H and O–H groups in total. The first kappa shape index (κ1) is 9.03. The lowest BCUT2D eigenvalue weighted by molar-refractivity contribution is 0.683. The van der Waals surface area contributed by atoms with Crippen molar-refractivity contribution in [1.29, 1.82) is 0 Å². The van der Waals surface area contributed by atoms with Gasteiger partial charge in [-0.05, 0) is 35.0 Å². The lowest BCUT2D eigenvalue weighted by Gasteiger charge is -2.02. The van der Waals surface area contributed by atoms with Crippen LogP contribution in [0.3, 0.4) is 0 Å². The summed E-state index contributed by atoms with van der Waals surface area (Å²) in [6.07, 6.45) is 1.85. The Hall–Kier alpha value is -0.540. The van der Waals surface area contributed by atoms with Crippen LogP contribution in [0.1, 0.15) is 6.92 Å². The molecule has 1 aromatic carbocycles. The molecule has 13 heavy (non-hydrogen) atoms. The van der Waals surface area contributed by atoms with Gasteiger partial charge < -0.3 is 0 Å². The van der Waals surface area contributed by atoms with Crippen LogP contribution >= 0.6 is 27.5 Å². The summed E-state index contributed by atoms with van der Waals surface area (Å²) in [4.78, 5) is 0. The maximum Gasteiger partial charge on any atom is 0.0839 e. The molecule has 0 saturated carbocycles. The first-order valence-electron chi connectivity index (χ1n) is 4.03. The third kappa shape index (κ3) is 1.36. The van der Waals surface area contributed by atoms with Gasteiger partial charge >= 0.3 is 0 Å². The Kier molecular flexibility index (Phi) is 2.30. The van der Waals surface area contributed by atoms with Gasteiger partial charge in [0.05, 0.1) is 21.2 Å². The highest BCUT2D eigenvalue weighted by Gasteiger charge is 2.07. The van der Waals surface area contributed by atoms with E-state index in [2.05, 4.69) is 28.0 Å². The van der Waals surface area contributed by atoms with Gasteiger partial charge in [-0.15, -0.1) is 0 Å². The number of halogens is 2. The van der Waals surface area contributed by atoms with Crippen LogP contribution in [0.4, 0.5) is 0 Å². The predicted molar refractivity (Wildman–Crippen MR) is 58.1 cm³/mol. The summed E-state index contributed by atoms with van der Waals surface area (Å²) in [6.45, 7) is 2.90. The van der Waals surface area contributed by atoms with Crippen molar-refractivity contribution in [2.45, 2.75) is 13.5 Å². The molecule has 2 aromatic rings. The number of nitrogens with zero attached hydrogens (tertiary/aromatic N) is 2. The second-order valence-corrected chi connectivity index (χ2v) is 3.96. The largest absolute Gasteiger partial charge is 0.264 e. The van der Waals surface area contributed by atoms with Crippen LogP contribution in [-0.2, 0) is 6.54 Å². The van der Waals surface area contributed by atoms with Gasteiger partial charge in [0.15, 0.2) is 0 Å². The van der Waals surface area contributed by atoms with Gasteiger partial charge in [-0.2, -0.15) is 5.10 Å². The van der Waals surface area contributed by atoms with Crippen molar-refractivity contribution in [2.24, 2.45) is 0 Å². The molecule has 0 aliphatic carbocycles. The molecule has 0 fully saturated rings. The number of aromatic nitrogens is 2. The standard InChI is InChI=1S/C9H8BrClN2/c1-2-13-9-6(5-12-13)3-4-7(11)8(9)10/h3-5H,2H2,1H3. The van der Waals surface area contributed by atoms with Gasteiger partial charge in [0.2, 0.25) is 0 Å². The Morgan fingerprint density at radius 3 is 3.00 bits per heavy atom. The van der Waals surface area contributed by atoms with Gasteiger partial charge in [0, 0.05) is 11.9 Å². The van der Waals surface area contributed by atoms with Crippen LogP contribution < -0.4 is 0 Å². The van der Waals surface area contributed by atoms with E-state index >= 15 is 0 Å². The summed E-state index contributed by atoms with van der Waals surface area (Å²) in [5, 5.41) is 6.08. The Labute approximate surface area is 89.6 Å². The highest BCUT2D eigenvalue weighted by atomic mass is 79.9. The molecule has 4 heteroatoms. The molecule has 0 bridgehead atoms. The second-order valence-electron chi connectivity index (χ2n) is 2.76. The minimum absolute atomic E-state index is 0.725. The molecule has 2 rings (SSSR count). The molecule has 0 unspecified atom stereocenters. The molecule has 0 aliphatic rings. The van der Waals surface area contributed by atoms with Crippen LogP contribution in [0.25, 0.3) is 10.9 Å². The summed E-state index contributed by atoms with van der Waals surface area (Å²) >= 11 is 9.44. The van der Waals surface area contributed by atoms with Crippen LogP contribution in [0.5, 0.6) is 0 Å². The monoisotopic (exact) mass is 258 g/mol. The van der Waals surface area contributed by atoms with Crippen LogP contribution in [-0.4, -0.2) is 9.78 Å². The summed E-state index contributed by atoms with van der Waals surface area (Å²) in [5.41, 5.74) is 1.06. The molecular formula is C9H8BrClN2. The van der Waals surface area contributed by atoms with E-state index in [1.165, 1.54) is 0 Å². The average molecular weight is 260 g/mol. The summed E-state index contributed by atoms with van der Waals surface area (Å²) in [6, 6.07) is 3.84. The molecule has 0 radical (unpaired) electrons. The molecule has 0 aliphatic heterocycles. The van der Waals surface area contributed by atoms with E-state index in [1.54, 1.807) is 0 Å². The molecule has 1 heterocycles. The van der Waals surface area contributed by atoms with Gasteiger partial charge in [0.25, 0.3) is 0 Å². The zero-order valence-electron chi connectivity index (χ0n) is 7.09. The smallest absolute Gasteiger partial charge is 0.0839 e. The van der Waals surface area contributed by atoms with Crippen LogP contribution in [0.2, 0.25) is 5.02 Å². The normalized spacial score (nSPS) is 11.0. The third-order valence-corrected chi connectivity index (χ3v) is 3.34. The van der Waals surface area contributed by atoms with Crippen molar-refractivity contribution in [1.82, 2.24) is 9.78 Å². The molecule has 0 saturated heterocycles. The van der Waals surface area contributed by atoms with Crippen molar-refractivity contribution in [3.8, 4) is 0 Å². The van der Waals surface area contributed by atoms with Crippen LogP contribution in [0.15, 0.2) is 22.8 Å². The lowest BCUT2D eigenvalue weighted by atomic mass is 10.2. The van der Waals surface area contributed by atoms with E-state index in [1.807, 2.05) is 23.0 Å². The molecule has 0 atom stereocenters. The van der Waals surface area contributed by atoms with Crippen LogP contribution in [0, 0.1) is 0 Å². The number of benzene rings is 1. The van der Waals surface area contributed by atoms with Crippen molar-refractivity contribution >= 4 is 38.4 Å². The quantitative estimate of drug-likeness (QED) is 0.767. The highest BCUT2D eigenvalue weighted by Crippen LogP contribution is 2.30. The third-order valence-electron chi connectivity index (χ3n) is 1.99. The fourth-order valence-electron chi connectivity index (χ4n) is 1.35. The predicted octanol–water partition coefficient (Wildman–Crippen LogP) is 3.47. The Morgan fingerprint density at radius 1 is 1.54 bits per heavy atom. The van der Waals surface area contributed by atoms with E-state index in [0.29, 0.717) is 0 Å². The minimum atomic E-state index is 0.725. The first-order chi connectivity index (χ1) is 6.24. The summed E-state index contributed by atoms with van der Waals surface area (Å²) in [7, 11) is 0. The topological polar surface area (TPSA) is 17.8 Å². The molecule has 1 aromatic heterocycles. The molecule has 0 spiro atoms. The fourth-order valence-corrected chi connectivity index (χ4v) is 2.07. The van der Waals surface area contributed by atoms with Gasteiger partial charge in [-0.25, -0.2) is 0 Å². The fraction of sp³-hybridized carbons (Fsp3) is 0.222. The Morgan fingerprint density at radius 2 is 2.31 bits per heavy atom. The zero-order chi connectivity index (χ0) is 9.42. The van der Waals surface area contributed by atoms with E-state index in [4.69, 9.17) is 11.6 Å². The molecule has 2 nitrogen and oxygen atoms in total. The van der Waals surface area contributed by atoms with Gasteiger partial charge in [-0.3, -0.25) is 4.68 Å². The first-order valence-corrected chi connectivity index (χ1v) is 5.20. The SMILES string of the molecule is CCn1ncc2ccc(Cl)c(Br)c21. The van der Waals surface area contributed by atoms with Crippen molar-refractivity contribution in [2.75, 3.05) is 0 Å². The van der Waals surface area contributed by atoms with Crippen molar-refractivity contribution < 1.29 is 0 Å². The minimum Gasteiger partial charge on any atom is -0.264 e. The average Bonchev–Trinajstić information content (AvgIpc) is 2.55. The Balaban J connectivity index is 2.85. The number of rotatable bonds is 1. The zero-order valence-corrected chi connectivity index (χ0v) is 9.43. The van der Waals surface area contributed by atoms with Gasteiger partial charge in [0.1, 0.15) is 0 Å². The highest BCUT2D eigenvalue weighted by molar-refractivity contribution is 9.10. The van der Waals surface area contributed by atoms with Crippen molar-refractivity contribution in [3.05, 3.63) is 27.8 Å². The number of hydrogen-bond donors (Lipinski definition) is 0. The van der Waals surface area contributed by atoms with Gasteiger partial charge in [-0.1, -0.05) is 11.6 Å². The molecule has 0 amide bonds. The number of fused-ring (bicyclic) bond motifs is 1. The van der Waals surface area contributed by atoms with E-state index in [-0.39, 0.29) is 0 Å². The molecular weight excluding hydrogens is 251 g/mol. The van der Waals surface area contributed by atoms with E-state index in [0.717, 1.165) is 26.9 Å². The maximum atomic E-state index is 5.99. The number of aryl methyl sites for hydroxylation is 1. The number of hydrogen-bond acceptors (Lipinski definition) is 1. The van der Waals surface area contributed by atoms with E-state index < -0.39 is 0 Å². The molecule has 68 valence electrons. The Bertz CT molecular complexity index is 450.